The van der Waals surface area contributed by atoms with Gasteiger partial charge in [-0.2, -0.15) is 0 Å². The van der Waals surface area contributed by atoms with Crippen molar-refractivity contribution in [3.63, 3.8) is 0 Å². The molecule has 0 spiro atoms. The summed E-state index contributed by atoms with van der Waals surface area (Å²) in [6, 6.07) is 8.57. The van der Waals surface area contributed by atoms with Gasteiger partial charge in [0, 0.05) is 12.5 Å². The van der Waals surface area contributed by atoms with Crippen LogP contribution in [0.5, 0.6) is 0 Å². The van der Waals surface area contributed by atoms with Gasteiger partial charge in [-0.3, -0.25) is 0 Å². The van der Waals surface area contributed by atoms with Crippen LogP contribution in [-0.2, 0) is 6.42 Å². The summed E-state index contributed by atoms with van der Waals surface area (Å²) in [7, 11) is 0. The molecule has 104 valence electrons. The highest BCUT2D eigenvalue weighted by atomic mass is 32.1. The fourth-order valence-corrected chi connectivity index (χ4v) is 3.60. The van der Waals surface area contributed by atoms with Gasteiger partial charge in [0.05, 0.1) is 15.2 Å². The Hall–Kier alpha value is -0.930. The predicted molar refractivity (Wildman–Crippen MR) is 84.6 cm³/mol. The van der Waals surface area contributed by atoms with Crippen LogP contribution in [0.2, 0.25) is 0 Å². The second kappa shape index (κ2) is 7.01. The molecule has 0 saturated heterocycles. The molecule has 0 aliphatic carbocycles. The quantitative estimate of drug-likeness (QED) is 0.815. The first-order chi connectivity index (χ1) is 9.24. The number of fused-ring (bicyclic) bond motifs is 1. The third-order valence-corrected chi connectivity index (χ3v) is 4.87. The van der Waals surface area contributed by atoms with Gasteiger partial charge in [0.15, 0.2) is 0 Å². The van der Waals surface area contributed by atoms with Crippen molar-refractivity contribution in [3.05, 3.63) is 29.3 Å². The van der Waals surface area contributed by atoms with Crippen LogP contribution >= 0.6 is 11.3 Å². The van der Waals surface area contributed by atoms with Crippen LogP contribution in [0.1, 0.15) is 44.5 Å². The molecule has 2 unspecified atom stereocenters. The van der Waals surface area contributed by atoms with Crippen LogP contribution in [0.25, 0.3) is 10.2 Å². The average Bonchev–Trinajstić information content (AvgIpc) is 2.81. The molecule has 2 nitrogen and oxygen atoms in total. The lowest BCUT2D eigenvalue weighted by Crippen LogP contribution is -2.32. The Morgan fingerprint density at radius 2 is 2.05 bits per heavy atom. The molecule has 0 aliphatic rings. The average molecular weight is 276 g/mol. The van der Waals surface area contributed by atoms with Crippen LogP contribution in [-0.4, -0.2) is 11.0 Å². The summed E-state index contributed by atoms with van der Waals surface area (Å²) in [6.45, 7) is 4.49. The van der Waals surface area contributed by atoms with E-state index >= 15 is 0 Å². The number of para-hydroxylation sites is 1. The third kappa shape index (κ3) is 3.77. The van der Waals surface area contributed by atoms with Crippen molar-refractivity contribution in [2.75, 3.05) is 0 Å². The summed E-state index contributed by atoms with van der Waals surface area (Å²) in [5.74, 6) is 0.631. The molecule has 2 rings (SSSR count). The van der Waals surface area contributed by atoms with Crippen molar-refractivity contribution in [2.24, 2.45) is 11.7 Å². The monoisotopic (exact) mass is 276 g/mol. The van der Waals surface area contributed by atoms with Crippen molar-refractivity contribution in [3.8, 4) is 0 Å². The van der Waals surface area contributed by atoms with Crippen molar-refractivity contribution in [1.82, 2.24) is 4.98 Å². The number of nitrogens with zero attached hydrogens (tertiary/aromatic N) is 1. The minimum atomic E-state index is 0.247. The summed E-state index contributed by atoms with van der Waals surface area (Å²) in [5, 5.41) is 1.18. The molecule has 2 aromatic rings. The molecular weight excluding hydrogens is 252 g/mol. The number of hydrogen-bond acceptors (Lipinski definition) is 3. The van der Waals surface area contributed by atoms with E-state index < -0.39 is 0 Å². The molecule has 2 atom stereocenters. The summed E-state index contributed by atoms with van der Waals surface area (Å²) >= 11 is 1.79. The SMILES string of the molecule is CCCCC(CC)C(N)Cc1nc2ccccc2s1. The maximum absolute atomic E-state index is 6.39. The van der Waals surface area contributed by atoms with Gasteiger partial charge in [0.25, 0.3) is 0 Å². The molecule has 2 N–H and O–H groups in total. The largest absolute Gasteiger partial charge is 0.327 e. The van der Waals surface area contributed by atoms with Crippen molar-refractivity contribution >= 4 is 21.6 Å². The van der Waals surface area contributed by atoms with Crippen molar-refractivity contribution in [2.45, 2.75) is 52.0 Å². The second-order valence-electron chi connectivity index (χ2n) is 5.25. The fraction of sp³-hybridized carbons (Fsp3) is 0.562. The minimum Gasteiger partial charge on any atom is -0.327 e. The zero-order valence-corrected chi connectivity index (χ0v) is 12.7. The van der Waals surface area contributed by atoms with E-state index in [0.29, 0.717) is 5.92 Å². The molecule has 0 amide bonds. The lowest BCUT2D eigenvalue weighted by atomic mass is 9.90. The molecule has 0 aliphatic heterocycles. The summed E-state index contributed by atoms with van der Waals surface area (Å²) in [6.07, 6.45) is 5.88. The van der Waals surface area contributed by atoms with E-state index in [1.165, 1.54) is 35.4 Å². The van der Waals surface area contributed by atoms with Gasteiger partial charge < -0.3 is 5.73 Å². The second-order valence-corrected chi connectivity index (χ2v) is 6.37. The van der Waals surface area contributed by atoms with E-state index in [2.05, 4.69) is 37.0 Å². The van der Waals surface area contributed by atoms with Gasteiger partial charge >= 0.3 is 0 Å². The first-order valence-corrected chi connectivity index (χ1v) is 8.16. The van der Waals surface area contributed by atoms with E-state index in [1.54, 1.807) is 11.3 Å². The highest BCUT2D eigenvalue weighted by molar-refractivity contribution is 7.18. The number of unbranched alkanes of at least 4 members (excludes halogenated alkanes) is 1. The first-order valence-electron chi connectivity index (χ1n) is 7.34. The molecule has 1 aromatic carbocycles. The van der Waals surface area contributed by atoms with Crippen LogP contribution < -0.4 is 5.73 Å². The van der Waals surface area contributed by atoms with E-state index in [-0.39, 0.29) is 6.04 Å². The standard InChI is InChI=1S/C16H24N2S/c1-3-5-8-12(4-2)13(17)11-16-18-14-9-6-7-10-15(14)19-16/h6-7,9-10,12-13H,3-5,8,11,17H2,1-2H3. The topological polar surface area (TPSA) is 38.9 Å². The number of rotatable bonds is 7. The number of hydrogen-bond donors (Lipinski definition) is 1. The Balaban J connectivity index is 2.02. The molecule has 0 radical (unpaired) electrons. The maximum atomic E-state index is 6.39. The molecule has 0 fully saturated rings. The van der Waals surface area contributed by atoms with Gasteiger partial charge in [-0.05, 0) is 24.5 Å². The predicted octanol–water partition coefficient (Wildman–Crippen LogP) is 4.38. The van der Waals surface area contributed by atoms with E-state index in [4.69, 9.17) is 5.73 Å². The summed E-state index contributed by atoms with van der Waals surface area (Å²) in [4.78, 5) is 4.69. The molecule has 0 saturated carbocycles. The third-order valence-electron chi connectivity index (χ3n) is 3.81. The van der Waals surface area contributed by atoms with Gasteiger partial charge in [-0.15, -0.1) is 11.3 Å². The Morgan fingerprint density at radius 1 is 1.26 bits per heavy atom. The van der Waals surface area contributed by atoms with Crippen LogP contribution in [0.4, 0.5) is 0 Å². The number of aromatic nitrogens is 1. The number of thiazole rings is 1. The Labute approximate surface area is 120 Å². The summed E-state index contributed by atoms with van der Waals surface area (Å²) in [5.41, 5.74) is 7.50. The van der Waals surface area contributed by atoms with E-state index in [1.807, 2.05) is 6.07 Å². The molecular formula is C16H24N2S. The van der Waals surface area contributed by atoms with Crippen molar-refractivity contribution < 1.29 is 0 Å². The summed E-state index contributed by atoms with van der Waals surface area (Å²) < 4.78 is 1.27. The van der Waals surface area contributed by atoms with Gasteiger partial charge in [0.2, 0.25) is 0 Å². The van der Waals surface area contributed by atoms with Crippen molar-refractivity contribution in [1.29, 1.82) is 0 Å². The number of nitrogens with two attached hydrogens (primary N) is 1. The smallest absolute Gasteiger partial charge is 0.0954 e. The molecule has 1 heterocycles. The molecule has 3 heteroatoms. The maximum Gasteiger partial charge on any atom is 0.0954 e. The highest BCUT2D eigenvalue weighted by Gasteiger charge is 2.17. The van der Waals surface area contributed by atoms with Crippen LogP contribution in [0.3, 0.4) is 0 Å². The Morgan fingerprint density at radius 3 is 2.74 bits per heavy atom. The first kappa shape index (κ1) is 14.5. The zero-order valence-electron chi connectivity index (χ0n) is 11.9. The Kier molecular flexibility index (Phi) is 5.34. The highest BCUT2D eigenvalue weighted by Crippen LogP contribution is 2.25. The number of benzene rings is 1. The molecule has 0 bridgehead atoms. The lowest BCUT2D eigenvalue weighted by Gasteiger charge is -2.21. The van der Waals surface area contributed by atoms with Gasteiger partial charge in [-0.1, -0.05) is 45.2 Å². The molecule has 1 aromatic heterocycles. The van der Waals surface area contributed by atoms with Gasteiger partial charge in [-0.25, -0.2) is 4.98 Å². The fourth-order valence-electron chi connectivity index (χ4n) is 2.56. The normalized spacial score (nSPS) is 14.7. The van der Waals surface area contributed by atoms with Gasteiger partial charge in [0.1, 0.15) is 0 Å². The van der Waals surface area contributed by atoms with Crippen LogP contribution in [0.15, 0.2) is 24.3 Å². The van der Waals surface area contributed by atoms with Crippen LogP contribution in [0, 0.1) is 5.92 Å². The van der Waals surface area contributed by atoms with E-state index in [0.717, 1.165) is 11.9 Å². The van der Waals surface area contributed by atoms with E-state index in [9.17, 15) is 0 Å². The lowest BCUT2D eigenvalue weighted by molar-refractivity contribution is 0.368. The Bertz CT molecular complexity index is 473. The zero-order chi connectivity index (χ0) is 13.7. The molecule has 19 heavy (non-hydrogen) atoms. The minimum absolute atomic E-state index is 0.247.